The highest BCUT2D eigenvalue weighted by Crippen LogP contribution is 2.38. The highest BCUT2D eigenvalue weighted by Gasteiger charge is 2.20. The minimum Gasteiger partial charge on any atom is -0.494 e. The van der Waals surface area contributed by atoms with Crippen LogP contribution in [-0.4, -0.2) is 71.9 Å². The van der Waals surface area contributed by atoms with E-state index < -0.39 is 11.7 Å². The molecule has 1 amide bonds. The Kier molecular flexibility index (Phi) is 8.02. The molecule has 0 radical (unpaired) electrons. The number of ether oxygens (including phenoxy) is 1. The fraction of sp³-hybridized carbons (Fsp3) is 0.385. The van der Waals surface area contributed by atoms with E-state index in [9.17, 15) is 9.18 Å². The van der Waals surface area contributed by atoms with Crippen molar-refractivity contribution >= 4 is 28.9 Å². The Labute approximate surface area is 216 Å². The molecule has 2 aromatic heterocycles. The molecule has 196 valence electrons. The van der Waals surface area contributed by atoms with Crippen LogP contribution < -0.4 is 20.3 Å². The summed E-state index contributed by atoms with van der Waals surface area (Å²) in [4.78, 5) is 25.3. The van der Waals surface area contributed by atoms with Gasteiger partial charge in [-0.2, -0.15) is 5.10 Å². The Hall–Kier alpha value is -3.99. The lowest BCUT2D eigenvalue weighted by Gasteiger charge is -2.26. The second-order valence-electron chi connectivity index (χ2n) is 9.23. The van der Waals surface area contributed by atoms with Crippen molar-refractivity contribution in [3.63, 3.8) is 0 Å². The summed E-state index contributed by atoms with van der Waals surface area (Å²) < 4.78 is 21.2. The van der Waals surface area contributed by atoms with Crippen LogP contribution in [0.5, 0.6) is 5.75 Å². The van der Waals surface area contributed by atoms with Gasteiger partial charge in [-0.1, -0.05) is 6.58 Å². The van der Waals surface area contributed by atoms with Gasteiger partial charge in [-0.3, -0.25) is 9.48 Å². The van der Waals surface area contributed by atoms with Gasteiger partial charge in [-0.05, 0) is 45.5 Å². The molecule has 10 nitrogen and oxygen atoms in total. The normalized spacial score (nSPS) is 12.7. The van der Waals surface area contributed by atoms with E-state index >= 15 is 0 Å². The molecule has 0 saturated heterocycles. The number of aryl methyl sites for hydroxylation is 1. The van der Waals surface area contributed by atoms with E-state index in [1.165, 1.54) is 5.69 Å². The molecule has 0 unspecified atom stereocenters. The van der Waals surface area contributed by atoms with Crippen LogP contribution in [0.1, 0.15) is 18.5 Å². The number of carbonyl (C=O) groups is 1. The molecule has 0 aliphatic carbocycles. The van der Waals surface area contributed by atoms with Crippen molar-refractivity contribution in [1.29, 1.82) is 0 Å². The Morgan fingerprint density at radius 2 is 2.03 bits per heavy atom. The quantitative estimate of drug-likeness (QED) is 0.399. The number of fused-ring (bicyclic) bond motifs is 1. The summed E-state index contributed by atoms with van der Waals surface area (Å²) >= 11 is 0. The Bertz CT molecular complexity index is 1290. The number of likely N-dealkylation sites (N-methyl/N-ethyl adjacent to an activating group) is 2. The van der Waals surface area contributed by atoms with Gasteiger partial charge in [-0.15, -0.1) is 0 Å². The standard InChI is InChI=1S/C26H33FN8O2/c1-17(27)25(36)30-20-14-21(24(37-5)15-23(20)34(4)13-12-33(2)3)32-26-28-10-9-19(31-26)18-16-29-35-11-7-6-8-22(18)35/h9-10,14-16H,1,6-8,11-13H2,2-5H3,(H,30,36)(H,28,31,32). The van der Waals surface area contributed by atoms with Gasteiger partial charge in [-0.25, -0.2) is 14.4 Å². The first-order valence-electron chi connectivity index (χ1n) is 12.2. The molecule has 1 aromatic carbocycles. The highest BCUT2D eigenvalue weighted by molar-refractivity contribution is 6.04. The van der Waals surface area contributed by atoms with E-state index in [2.05, 4.69) is 27.3 Å². The van der Waals surface area contributed by atoms with E-state index in [0.29, 0.717) is 35.3 Å². The average Bonchev–Trinajstić information content (AvgIpc) is 3.32. The molecule has 3 heterocycles. The summed E-state index contributed by atoms with van der Waals surface area (Å²) in [7, 11) is 7.41. The smallest absolute Gasteiger partial charge is 0.283 e. The zero-order valence-corrected chi connectivity index (χ0v) is 21.7. The zero-order valence-electron chi connectivity index (χ0n) is 21.7. The summed E-state index contributed by atoms with van der Waals surface area (Å²) in [5.41, 5.74) is 4.51. The summed E-state index contributed by atoms with van der Waals surface area (Å²) in [5, 5.41) is 10.3. The van der Waals surface area contributed by atoms with Gasteiger partial charge < -0.3 is 25.2 Å². The van der Waals surface area contributed by atoms with Crippen LogP contribution in [-0.2, 0) is 17.8 Å². The molecule has 0 fully saturated rings. The zero-order chi connectivity index (χ0) is 26.5. The van der Waals surface area contributed by atoms with Crippen LogP contribution >= 0.6 is 0 Å². The number of hydrogen-bond acceptors (Lipinski definition) is 8. The number of anilines is 4. The molecule has 2 N–H and O–H groups in total. The number of halogens is 1. The van der Waals surface area contributed by atoms with Crippen molar-refractivity contribution in [2.24, 2.45) is 0 Å². The molecule has 11 heteroatoms. The van der Waals surface area contributed by atoms with Crippen LogP contribution in [0.2, 0.25) is 0 Å². The lowest BCUT2D eigenvalue weighted by molar-refractivity contribution is -0.114. The average molecular weight is 509 g/mol. The summed E-state index contributed by atoms with van der Waals surface area (Å²) in [6, 6.07) is 5.32. The predicted molar refractivity (Wildman–Crippen MR) is 143 cm³/mol. The first-order chi connectivity index (χ1) is 17.8. The van der Waals surface area contributed by atoms with Crippen LogP contribution in [0.3, 0.4) is 0 Å². The molecule has 4 rings (SSSR count). The largest absolute Gasteiger partial charge is 0.494 e. The fourth-order valence-electron chi connectivity index (χ4n) is 4.24. The number of rotatable bonds is 10. The Balaban J connectivity index is 1.67. The molecule has 37 heavy (non-hydrogen) atoms. The number of nitrogens with zero attached hydrogens (tertiary/aromatic N) is 6. The molecular formula is C26H33FN8O2. The van der Waals surface area contributed by atoms with Gasteiger partial charge in [0.25, 0.3) is 5.91 Å². The summed E-state index contributed by atoms with van der Waals surface area (Å²) in [6.45, 7) is 5.47. The SMILES string of the molecule is C=C(F)C(=O)Nc1cc(Nc2nccc(-c3cnn4c3CCCC4)n2)c(OC)cc1N(C)CCN(C)C. The van der Waals surface area contributed by atoms with Gasteiger partial charge in [0.2, 0.25) is 5.95 Å². The lowest BCUT2D eigenvalue weighted by Crippen LogP contribution is -2.29. The van der Waals surface area contributed by atoms with Gasteiger partial charge in [0.05, 0.1) is 36.1 Å². The van der Waals surface area contributed by atoms with E-state index in [0.717, 1.165) is 43.6 Å². The van der Waals surface area contributed by atoms with Crippen molar-refractivity contribution in [2.75, 3.05) is 56.9 Å². The van der Waals surface area contributed by atoms with Crippen LogP contribution in [0, 0.1) is 0 Å². The molecule has 1 aliphatic rings. The third-order valence-electron chi connectivity index (χ3n) is 6.27. The monoisotopic (exact) mass is 508 g/mol. The summed E-state index contributed by atoms with van der Waals surface area (Å²) in [5.74, 6) is -1.12. The number of carbonyl (C=O) groups excluding carboxylic acids is 1. The van der Waals surface area contributed by atoms with Crippen LogP contribution in [0.4, 0.5) is 27.4 Å². The first kappa shape index (κ1) is 26.1. The summed E-state index contributed by atoms with van der Waals surface area (Å²) in [6.07, 6.45) is 6.74. The number of nitrogens with one attached hydrogen (secondary N) is 2. The van der Waals surface area contributed by atoms with E-state index in [1.807, 2.05) is 47.9 Å². The van der Waals surface area contributed by atoms with Crippen molar-refractivity contribution in [2.45, 2.75) is 25.8 Å². The minimum atomic E-state index is -1.08. The maximum absolute atomic E-state index is 13.6. The fourth-order valence-corrected chi connectivity index (χ4v) is 4.24. The maximum atomic E-state index is 13.6. The molecule has 3 aromatic rings. The molecule has 0 bridgehead atoms. The van der Waals surface area contributed by atoms with E-state index in [1.54, 1.807) is 25.4 Å². The first-order valence-corrected chi connectivity index (χ1v) is 12.2. The van der Waals surface area contributed by atoms with Crippen molar-refractivity contribution in [3.05, 3.63) is 48.7 Å². The number of benzene rings is 1. The number of methoxy groups -OCH3 is 1. The molecule has 1 aliphatic heterocycles. The van der Waals surface area contributed by atoms with Gasteiger partial charge >= 0.3 is 0 Å². The second-order valence-corrected chi connectivity index (χ2v) is 9.23. The van der Waals surface area contributed by atoms with Gasteiger partial charge in [0, 0.05) is 50.2 Å². The Morgan fingerprint density at radius 1 is 1.22 bits per heavy atom. The van der Waals surface area contributed by atoms with Gasteiger partial charge in [0.15, 0.2) is 5.83 Å². The molecule has 0 spiro atoms. The van der Waals surface area contributed by atoms with Gasteiger partial charge in [0.1, 0.15) is 5.75 Å². The lowest BCUT2D eigenvalue weighted by atomic mass is 10.0. The molecular weight excluding hydrogens is 475 g/mol. The molecule has 0 atom stereocenters. The number of hydrogen-bond donors (Lipinski definition) is 2. The second kappa shape index (κ2) is 11.4. The van der Waals surface area contributed by atoms with Crippen molar-refractivity contribution in [3.8, 4) is 17.0 Å². The number of aromatic nitrogens is 4. The van der Waals surface area contributed by atoms with Crippen LogP contribution in [0.15, 0.2) is 43.0 Å². The minimum absolute atomic E-state index is 0.354. The topological polar surface area (TPSA) is 100 Å². The maximum Gasteiger partial charge on any atom is 0.283 e. The molecule has 0 saturated carbocycles. The van der Waals surface area contributed by atoms with Crippen LogP contribution in [0.25, 0.3) is 11.3 Å². The predicted octanol–water partition coefficient (Wildman–Crippen LogP) is 3.85. The highest BCUT2D eigenvalue weighted by atomic mass is 19.1. The third kappa shape index (κ3) is 6.05. The van der Waals surface area contributed by atoms with E-state index in [4.69, 9.17) is 9.72 Å². The van der Waals surface area contributed by atoms with E-state index in [-0.39, 0.29) is 0 Å². The third-order valence-corrected chi connectivity index (χ3v) is 6.27. The van der Waals surface area contributed by atoms with Crippen molar-refractivity contribution < 1.29 is 13.9 Å². The number of amides is 1. The van der Waals surface area contributed by atoms with Crippen molar-refractivity contribution in [1.82, 2.24) is 24.6 Å². The Morgan fingerprint density at radius 3 is 2.76 bits per heavy atom.